The highest BCUT2D eigenvalue weighted by Gasteiger charge is 2.47. The Bertz CT molecular complexity index is 555. The maximum atomic E-state index is 12.5. The summed E-state index contributed by atoms with van der Waals surface area (Å²) in [7, 11) is 1.61. The van der Waals surface area contributed by atoms with Crippen molar-refractivity contribution in [3.05, 3.63) is 37.1 Å². The second kappa shape index (κ2) is 5.71. The van der Waals surface area contributed by atoms with Gasteiger partial charge in [-0.05, 0) is 0 Å². The van der Waals surface area contributed by atoms with Crippen LogP contribution in [0.2, 0.25) is 0 Å². The number of aromatic nitrogens is 1. The highest BCUT2D eigenvalue weighted by Crippen LogP contribution is 2.35. The lowest BCUT2D eigenvalue weighted by atomic mass is 9.98. The predicted octanol–water partition coefficient (Wildman–Crippen LogP) is 1.31. The lowest BCUT2D eigenvalue weighted by Gasteiger charge is -2.28. The van der Waals surface area contributed by atoms with Crippen molar-refractivity contribution in [1.82, 2.24) is 14.9 Å². The molecule has 2 amide bonds. The number of carbonyl (C=O) groups excluding carboxylic acids is 1. The van der Waals surface area contributed by atoms with Gasteiger partial charge < -0.3 is 14.1 Å². The van der Waals surface area contributed by atoms with Crippen molar-refractivity contribution < 1.29 is 18.8 Å². The van der Waals surface area contributed by atoms with Gasteiger partial charge in [0.25, 0.3) is 0 Å². The summed E-state index contributed by atoms with van der Waals surface area (Å²) in [6, 6.07) is -0.524. The van der Waals surface area contributed by atoms with Crippen LogP contribution in [0.15, 0.2) is 35.7 Å². The minimum absolute atomic E-state index is 0.142. The van der Waals surface area contributed by atoms with E-state index in [0.717, 1.165) is 5.57 Å². The Morgan fingerprint density at radius 1 is 1.62 bits per heavy atom. The smallest absolute Gasteiger partial charge is 0.345 e. The number of rotatable bonds is 6. The van der Waals surface area contributed by atoms with E-state index in [1.54, 1.807) is 24.3 Å². The summed E-state index contributed by atoms with van der Waals surface area (Å²) in [6.07, 6.45) is 6.60. The van der Waals surface area contributed by atoms with E-state index in [-0.39, 0.29) is 24.7 Å². The number of ether oxygens (including phenoxy) is 1. The summed E-state index contributed by atoms with van der Waals surface area (Å²) >= 11 is 0. The van der Waals surface area contributed by atoms with Gasteiger partial charge in [0.15, 0.2) is 12.2 Å². The number of amides is 2. The Morgan fingerprint density at radius 2 is 2.48 bits per heavy atom. The maximum absolute atomic E-state index is 12.5. The van der Waals surface area contributed by atoms with Crippen molar-refractivity contribution in [2.75, 3.05) is 26.9 Å². The molecule has 0 spiro atoms. The van der Waals surface area contributed by atoms with Crippen LogP contribution < -0.4 is 0 Å². The summed E-state index contributed by atoms with van der Waals surface area (Å²) in [5.74, 6) is 0.641. The zero-order valence-corrected chi connectivity index (χ0v) is 11.8. The van der Waals surface area contributed by atoms with Crippen molar-refractivity contribution >= 4 is 11.6 Å². The number of hydroxylamine groups is 2. The summed E-state index contributed by atoms with van der Waals surface area (Å²) in [4.78, 5) is 23.6. The van der Waals surface area contributed by atoms with Crippen molar-refractivity contribution in [1.29, 1.82) is 0 Å². The topological polar surface area (TPSA) is 68.0 Å². The second-order valence-corrected chi connectivity index (χ2v) is 4.87. The van der Waals surface area contributed by atoms with Crippen LogP contribution in [0, 0.1) is 0 Å². The maximum Gasteiger partial charge on any atom is 0.345 e. The molecule has 0 radical (unpaired) electrons. The van der Waals surface area contributed by atoms with Gasteiger partial charge in [0.1, 0.15) is 6.04 Å². The van der Waals surface area contributed by atoms with E-state index in [1.165, 1.54) is 11.5 Å². The molecule has 0 N–H and O–H groups in total. The lowest BCUT2D eigenvalue weighted by molar-refractivity contribution is -0.106. The molecule has 0 aliphatic carbocycles. The molecular weight excluding hydrogens is 274 g/mol. The number of oxazole rings is 1. The van der Waals surface area contributed by atoms with Crippen molar-refractivity contribution in [2.45, 2.75) is 12.1 Å². The first-order valence-corrected chi connectivity index (χ1v) is 6.69. The molecule has 2 aliphatic heterocycles. The highest BCUT2D eigenvalue weighted by molar-refractivity contribution is 5.84. The minimum Gasteiger partial charge on any atom is -0.444 e. The van der Waals surface area contributed by atoms with E-state index in [1.807, 2.05) is 6.08 Å². The average molecular weight is 291 g/mol. The van der Waals surface area contributed by atoms with Crippen LogP contribution in [-0.4, -0.2) is 59.9 Å². The Labute approximate surface area is 122 Å². The molecule has 7 heteroatoms. The van der Waals surface area contributed by atoms with Crippen LogP contribution in [0.3, 0.4) is 0 Å². The molecule has 2 bridgehead atoms. The fourth-order valence-electron chi connectivity index (χ4n) is 2.70. The fraction of sp³-hybridized carbons (Fsp3) is 0.429. The third-order valence-electron chi connectivity index (χ3n) is 3.60. The summed E-state index contributed by atoms with van der Waals surface area (Å²) < 4.78 is 10.6. The molecule has 2 aliphatic rings. The zero-order chi connectivity index (χ0) is 14.8. The first-order chi connectivity index (χ1) is 10.3. The van der Waals surface area contributed by atoms with Crippen molar-refractivity contribution in [3.8, 4) is 0 Å². The largest absolute Gasteiger partial charge is 0.444 e. The fourth-order valence-corrected chi connectivity index (χ4v) is 2.70. The molecule has 3 rings (SSSR count). The quantitative estimate of drug-likeness (QED) is 0.739. The van der Waals surface area contributed by atoms with Crippen LogP contribution in [0.1, 0.15) is 5.76 Å². The summed E-state index contributed by atoms with van der Waals surface area (Å²) in [5.41, 5.74) is 0.890. The number of urea groups is 1. The van der Waals surface area contributed by atoms with Gasteiger partial charge in [-0.2, -0.15) is 5.06 Å². The third kappa shape index (κ3) is 2.34. The molecule has 3 heterocycles. The number of carbonyl (C=O) groups is 1. The number of hydrogen-bond donors (Lipinski definition) is 0. The lowest BCUT2D eigenvalue weighted by Crippen LogP contribution is -2.41. The predicted molar refractivity (Wildman–Crippen MR) is 74.0 cm³/mol. The number of methoxy groups -OCH3 is 1. The molecule has 7 nitrogen and oxygen atoms in total. The minimum atomic E-state index is -0.210. The highest BCUT2D eigenvalue weighted by atomic mass is 16.7. The summed E-state index contributed by atoms with van der Waals surface area (Å²) in [5, 5.41) is 1.38. The van der Waals surface area contributed by atoms with Gasteiger partial charge in [-0.15, -0.1) is 6.58 Å². The molecule has 0 aromatic carbocycles. The Kier molecular flexibility index (Phi) is 3.76. The molecule has 2 atom stereocenters. The molecule has 112 valence electrons. The van der Waals surface area contributed by atoms with Gasteiger partial charge in [-0.3, -0.25) is 4.84 Å². The number of fused-ring (bicyclic) bond motifs is 2. The molecule has 1 aromatic heterocycles. The van der Waals surface area contributed by atoms with E-state index in [4.69, 9.17) is 14.0 Å². The van der Waals surface area contributed by atoms with E-state index >= 15 is 0 Å². The van der Waals surface area contributed by atoms with Gasteiger partial charge in [-0.1, -0.05) is 12.2 Å². The summed E-state index contributed by atoms with van der Waals surface area (Å²) in [6.45, 7) is 4.84. The standard InChI is InChI=1S/C14H17N3O4/c1-3-4-21-17-12-7-16(14(17)18)10(8-19-2)5-11(12)13-6-15-9-20-13/h3,5-6,9-10,12H,1,4,7-8H2,2H3/t10-,12-/m1/s1. The Balaban J connectivity index is 1.93. The van der Waals surface area contributed by atoms with E-state index in [2.05, 4.69) is 11.6 Å². The first kappa shape index (κ1) is 13.8. The van der Waals surface area contributed by atoms with Gasteiger partial charge >= 0.3 is 6.03 Å². The van der Waals surface area contributed by atoms with E-state index in [9.17, 15) is 4.79 Å². The Hall–Kier alpha value is -2.12. The molecule has 21 heavy (non-hydrogen) atoms. The van der Waals surface area contributed by atoms with Gasteiger partial charge in [0.2, 0.25) is 0 Å². The molecule has 1 fully saturated rings. The van der Waals surface area contributed by atoms with Crippen molar-refractivity contribution in [3.63, 3.8) is 0 Å². The van der Waals surface area contributed by atoms with Crippen LogP contribution in [0.25, 0.3) is 5.57 Å². The van der Waals surface area contributed by atoms with E-state index in [0.29, 0.717) is 18.9 Å². The SMILES string of the molecule is C=CCON1C(=O)N2C[C@@H]1C(c1cnco1)=C[C@@H]2COC. The van der Waals surface area contributed by atoms with Gasteiger partial charge in [-0.25, -0.2) is 9.78 Å². The normalized spacial score (nSPS) is 24.4. The van der Waals surface area contributed by atoms with Crippen molar-refractivity contribution in [2.24, 2.45) is 0 Å². The second-order valence-electron chi connectivity index (χ2n) is 4.87. The van der Waals surface area contributed by atoms with Gasteiger partial charge in [0, 0.05) is 12.7 Å². The zero-order valence-electron chi connectivity index (χ0n) is 11.8. The Morgan fingerprint density at radius 3 is 3.14 bits per heavy atom. The van der Waals surface area contributed by atoms with E-state index < -0.39 is 0 Å². The third-order valence-corrected chi connectivity index (χ3v) is 3.60. The molecule has 1 saturated heterocycles. The number of nitrogens with zero attached hydrogens (tertiary/aromatic N) is 3. The molecule has 0 saturated carbocycles. The van der Waals surface area contributed by atoms with Crippen LogP contribution in [0.4, 0.5) is 4.79 Å². The van der Waals surface area contributed by atoms with Crippen LogP contribution in [-0.2, 0) is 9.57 Å². The molecule has 0 unspecified atom stereocenters. The van der Waals surface area contributed by atoms with Crippen LogP contribution in [0.5, 0.6) is 0 Å². The van der Waals surface area contributed by atoms with Gasteiger partial charge in [0.05, 0.1) is 32.0 Å². The van der Waals surface area contributed by atoms with Crippen LogP contribution >= 0.6 is 0 Å². The average Bonchev–Trinajstić information content (AvgIpc) is 3.10. The monoisotopic (exact) mass is 291 g/mol. The number of hydrogen-bond acceptors (Lipinski definition) is 5. The molecule has 1 aromatic rings. The molecular formula is C14H17N3O4. The first-order valence-electron chi connectivity index (χ1n) is 6.69.